The first kappa shape index (κ1) is 10.5. The monoisotopic (exact) mass is 220 g/mol. The minimum Gasteiger partial charge on any atom is -0.481 e. The predicted molar refractivity (Wildman–Crippen MR) is 56.1 cm³/mol. The standard InChI is InChI=1S/C10H12N4O2/c1-7-5-9-13-12-8(14(9)6-11-7)3-2-4-10(15)16/h5-6H,2-4H2,1H3,(H,15,16). The molecule has 84 valence electrons. The summed E-state index contributed by atoms with van der Waals surface area (Å²) in [4.78, 5) is 14.5. The van der Waals surface area contributed by atoms with Crippen molar-refractivity contribution < 1.29 is 9.90 Å². The van der Waals surface area contributed by atoms with Gasteiger partial charge < -0.3 is 5.11 Å². The SMILES string of the molecule is Cc1cc2nnc(CCCC(=O)O)n2cn1. The second-order valence-electron chi connectivity index (χ2n) is 3.62. The molecule has 0 aliphatic heterocycles. The maximum Gasteiger partial charge on any atom is 0.303 e. The van der Waals surface area contributed by atoms with Gasteiger partial charge in [0.1, 0.15) is 12.2 Å². The highest BCUT2D eigenvalue weighted by Crippen LogP contribution is 2.06. The lowest BCUT2D eigenvalue weighted by atomic mass is 10.2. The van der Waals surface area contributed by atoms with Gasteiger partial charge in [0.15, 0.2) is 5.65 Å². The third kappa shape index (κ3) is 2.16. The van der Waals surface area contributed by atoms with E-state index < -0.39 is 5.97 Å². The lowest BCUT2D eigenvalue weighted by Gasteiger charge is -1.98. The van der Waals surface area contributed by atoms with Crippen LogP contribution in [0.4, 0.5) is 0 Å². The van der Waals surface area contributed by atoms with Crippen LogP contribution in [0.2, 0.25) is 0 Å². The maximum atomic E-state index is 10.4. The highest BCUT2D eigenvalue weighted by Gasteiger charge is 2.06. The number of aryl methyl sites for hydroxylation is 2. The van der Waals surface area contributed by atoms with Crippen molar-refractivity contribution >= 4 is 11.6 Å². The van der Waals surface area contributed by atoms with E-state index in [9.17, 15) is 4.79 Å². The molecule has 0 bridgehead atoms. The van der Waals surface area contributed by atoms with Gasteiger partial charge >= 0.3 is 5.97 Å². The van der Waals surface area contributed by atoms with E-state index in [1.54, 1.807) is 10.7 Å². The van der Waals surface area contributed by atoms with Crippen LogP contribution < -0.4 is 0 Å². The Bertz CT molecular complexity index is 521. The Labute approximate surface area is 92.0 Å². The molecular weight excluding hydrogens is 208 g/mol. The van der Waals surface area contributed by atoms with Crippen molar-refractivity contribution in [1.82, 2.24) is 19.6 Å². The third-order valence-electron chi connectivity index (χ3n) is 2.30. The van der Waals surface area contributed by atoms with Crippen molar-refractivity contribution in [2.45, 2.75) is 26.2 Å². The van der Waals surface area contributed by atoms with Gasteiger partial charge in [0, 0.05) is 24.6 Å². The first-order chi connectivity index (χ1) is 7.66. The molecular formula is C10H12N4O2. The van der Waals surface area contributed by atoms with Crippen LogP contribution in [-0.4, -0.2) is 30.7 Å². The summed E-state index contributed by atoms with van der Waals surface area (Å²) >= 11 is 0. The molecule has 0 amide bonds. The molecule has 1 N–H and O–H groups in total. The molecule has 0 aliphatic rings. The molecule has 2 aromatic heterocycles. The molecule has 0 saturated carbocycles. The van der Waals surface area contributed by atoms with Gasteiger partial charge in [-0.2, -0.15) is 0 Å². The Hall–Kier alpha value is -1.98. The fraction of sp³-hybridized carbons (Fsp3) is 0.400. The summed E-state index contributed by atoms with van der Waals surface area (Å²) in [6.07, 6.45) is 2.97. The minimum absolute atomic E-state index is 0.147. The molecule has 0 unspecified atom stereocenters. The number of rotatable bonds is 4. The van der Waals surface area contributed by atoms with Crippen LogP contribution in [0, 0.1) is 6.92 Å². The van der Waals surface area contributed by atoms with Gasteiger partial charge in [-0.05, 0) is 13.3 Å². The van der Waals surface area contributed by atoms with E-state index in [0.717, 1.165) is 17.2 Å². The van der Waals surface area contributed by atoms with Crippen LogP contribution in [0.5, 0.6) is 0 Å². The summed E-state index contributed by atoms with van der Waals surface area (Å²) < 4.78 is 1.79. The normalized spacial score (nSPS) is 10.8. The fourth-order valence-electron chi connectivity index (χ4n) is 1.50. The number of carbonyl (C=O) groups is 1. The highest BCUT2D eigenvalue weighted by atomic mass is 16.4. The molecule has 2 rings (SSSR count). The summed E-state index contributed by atoms with van der Waals surface area (Å²) in [5, 5.41) is 16.6. The van der Waals surface area contributed by atoms with E-state index in [-0.39, 0.29) is 6.42 Å². The van der Waals surface area contributed by atoms with Gasteiger partial charge in [-0.3, -0.25) is 9.20 Å². The van der Waals surface area contributed by atoms with Gasteiger partial charge in [-0.15, -0.1) is 10.2 Å². The zero-order valence-electron chi connectivity index (χ0n) is 8.92. The summed E-state index contributed by atoms with van der Waals surface area (Å²) in [5.74, 6) is -0.0356. The molecule has 0 radical (unpaired) electrons. The Morgan fingerprint density at radius 1 is 1.50 bits per heavy atom. The van der Waals surface area contributed by atoms with E-state index in [1.165, 1.54) is 0 Å². The second-order valence-corrected chi connectivity index (χ2v) is 3.62. The van der Waals surface area contributed by atoms with Gasteiger partial charge in [-0.1, -0.05) is 0 Å². The number of nitrogens with zero attached hydrogens (tertiary/aromatic N) is 4. The first-order valence-corrected chi connectivity index (χ1v) is 5.05. The molecule has 6 heteroatoms. The van der Waals surface area contributed by atoms with Gasteiger partial charge in [0.05, 0.1) is 0 Å². The maximum absolute atomic E-state index is 10.4. The average molecular weight is 220 g/mol. The number of carboxylic acids is 1. The largest absolute Gasteiger partial charge is 0.481 e. The van der Waals surface area contributed by atoms with Crippen LogP contribution >= 0.6 is 0 Å². The van der Waals surface area contributed by atoms with Crippen LogP contribution in [0.15, 0.2) is 12.4 Å². The third-order valence-corrected chi connectivity index (χ3v) is 2.30. The van der Waals surface area contributed by atoms with Gasteiger partial charge in [0.25, 0.3) is 0 Å². The first-order valence-electron chi connectivity index (χ1n) is 5.05. The fourth-order valence-corrected chi connectivity index (χ4v) is 1.50. The number of aromatic nitrogens is 4. The molecule has 2 aromatic rings. The van der Waals surface area contributed by atoms with Crippen LogP contribution in [0.25, 0.3) is 5.65 Å². The Kier molecular flexibility index (Phi) is 2.80. The van der Waals surface area contributed by atoms with E-state index in [1.807, 2.05) is 13.0 Å². The molecule has 6 nitrogen and oxygen atoms in total. The Morgan fingerprint density at radius 3 is 3.06 bits per heavy atom. The summed E-state index contributed by atoms with van der Waals surface area (Å²) in [6, 6.07) is 1.84. The lowest BCUT2D eigenvalue weighted by molar-refractivity contribution is -0.137. The van der Waals surface area contributed by atoms with Crippen molar-refractivity contribution in [2.75, 3.05) is 0 Å². The Morgan fingerprint density at radius 2 is 2.31 bits per heavy atom. The number of hydrogen-bond acceptors (Lipinski definition) is 4. The van der Waals surface area contributed by atoms with E-state index in [0.29, 0.717) is 12.8 Å². The van der Waals surface area contributed by atoms with Crippen LogP contribution in [0.3, 0.4) is 0 Å². The smallest absolute Gasteiger partial charge is 0.303 e. The van der Waals surface area contributed by atoms with Crippen molar-refractivity contribution in [2.24, 2.45) is 0 Å². The van der Waals surface area contributed by atoms with Crippen molar-refractivity contribution in [1.29, 1.82) is 0 Å². The molecule has 0 aliphatic carbocycles. The van der Waals surface area contributed by atoms with Gasteiger partial charge in [0.2, 0.25) is 0 Å². The minimum atomic E-state index is -0.789. The predicted octanol–water partition coefficient (Wildman–Crippen LogP) is 0.840. The zero-order chi connectivity index (χ0) is 11.5. The molecule has 0 saturated heterocycles. The van der Waals surface area contributed by atoms with Crippen molar-refractivity contribution in [3.63, 3.8) is 0 Å². The molecule has 16 heavy (non-hydrogen) atoms. The molecule has 0 fully saturated rings. The number of fused-ring (bicyclic) bond motifs is 1. The van der Waals surface area contributed by atoms with Gasteiger partial charge in [-0.25, -0.2) is 4.98 Å². The van der Waals surface area contributed by atoms with Crippen LogP contribution in [-0.2, 0) is 11.2 Å². The van der Waals surface area contributed by atoms with Crippen molar-refractivity contribution in [3.8, 4) is 0 Å². The van der Waals surface area contributed by atoms with Crippen molar-refractivity contribution in [3.05, 3.63) is 23.9 Å². The number of aliphatic carboxylic acids is 1. The second kappa shape index (κ2) is 4.26. The number of carboxylic acid groups (broad SMARTS) is 1. The quantitative estimate of drug-likeness (QED) is 0.825. The summed E-state index contributed by atoms with van der Waals surface area (Å²) in [7, 11) is 0. The molecule has 0 aromatic carbocycles. The zero-order valence-corrected chi connectivity index (χ0v) is 8.92. The topological polar surface area (TPSA) is 80.4 Å². The Balaban J connectivity index is 2.15. The van der Waals surface area contributed by atoms with Crippen LogP contribution in [0.1, 0.15) is 24.4 Å². The highest BCUT2D eigenvalue weighted by molar-refractivity contribution is 5.66. The average Bonchev–Trinajstić information content (AvgIpc) is 2.60. The number of hydrogen-bond donors (Lipinski definition) is 1. The summed E-state index contributed by atoms with van der Waals surface area (Å²) in [6.45, 7) is 1.89. The lowest BCUT2D eigenvalue weighted by Crippen LogP contribution is -2.00. The van der Waals surface area contributed by atoms with E-state index >= 15 is 0 Å². The van der Waals surface area contributed by atoms with E-state index in [2.05, 4.69) is 15.2 Å². The molecule has 0 atom stereocenters. The molecule has 0 spiro atoms. The summed E-state index contributed by atoms with van der Waals surface area (Å²) in [5.41, 5.74) is 1.63. The van der Waals surface area contributed by atoms with E-state index in [4.69, 9.17) is 5.11 Å². The molecule has 2 heterocycles.